The van der Waals surface area contributed by atoms with E-state index in [4.69, 9.17) is 9.52 Å². The minimum Gasteiger partial charge on any atom is -0.442 e. The molecular formula is C6H6N2O2. The first-order valence-corrected chi connectivity index (χ1v) is 2.92. The van der Waals surface area contributed by atoms with Crippen LogP contribution in [-0.4, -0.2) is 15.1 Å². The maximum atomic E-state index is 8.66. The van der Waals surface area contributed by atoms with Crippen LogP contribution >= 0.6 is 0 Å². The Morgan fingerprint density at radius 1 is 1.70 bits per heavy atom. The van der Waals surface area contributed by atoms with Crippen molar-refractivity contribution in [3.8, 4) is 0 Å². The summed E-state index contributed by atoms with van der Waals surface area (Å²) in [4.78, 5) is 6.72. The molecule has 2 aromatic heterocycles. The molecule has 0 aliphatic heterocycles. The first kappa shape index (κ1) is 5.49. The van der Waals surface area contributed by atoms with E-state index in [1.165, 1.54) is 6.39 Å². The van der Waals surface area contributed by atoms with Gasteiger partial charge in [0.05, 0.1) is 6.61 Å². The van der Waals surface area contributed by atoms with Crippen LogP contribution in [0, 0.1) is 0 Å². The van der Waals surface area contributed by atoms with Gasteiger partial charge in [0, 0.05) is 11.8 Å². The van der Waals surface area contributed by atoms with Gasteiger partial charge >= 0.3 is 0 Å². The lowest BCUT2D eigenvalue weighted by Gasteiger charge is -1.82. The van der Waals surface area contributed by atoms with Crippen LogP contribution in [0.5, 0.6) is 0 Å². The Hall–Kier alpha value is -1.29. The number of nitrogens with one attached hydrogen (secondary N) is 1. The monoisotopic (exact) mass is 138 g/mol. The Morgan fingerprint density at radius 3 is 3.30 bits per heavy atom. The summed E-state index contributed by atoms with van der Waals surface area (Å²) in [6.45, 7) is -0.00806. The van der Waals surface area contributed by atoms with Crippen LogP contribution in [0.25, 0.3) is 11.2 Å². The van der Waals surface area contributed by atoms with Crippen molar-refractivity contribution in [1.82, 2.24) is 9.97 Å². The van der Waals surface area contributed by atoms with Gasteiger partial charge in [0.25, 0.3) is 0 Å². The van der Waals surface area contributed by atoms with Crippen molar-refractivity contribution in [3.05, 3.63) is 18.2 Å². The standard InChI is InChI=1S/C6H6N2O2/c9-2-4-1-5-6(8-4)7-3-10-5/h1,3,8-9H,2H2. The summed E-state index contributed by atoms with van der Waals surface area (Å²) in [6, 6.07) is 1.72. The van der Waals surface area contributed by atoms with E-state index in [2.05, 4.69) is 9.97 Å². The van der Waals surface area contributed by atoms with Crippen molar-refractivity contribution in [1.29, 1.82) is 0 Å². The fraction of sp³-hybridized carbons (Fsp3) is 0.167. The predicted octanol–water partition coefficient (Wildman–Crippen LogP) is 0.648. The topological polar surface area (TPSA) is 62.1 Å². The van der Waals surface area contributed by atoms with Gasteiger partial charge in [-0.1, -0.05) is 0 Å². The highest BCUT2D eigenvalue weighted by atomic mass is 16.3. The first-order valence-electron chi connectivity index (χ1n) is 2.92. The van der Waals surface area contributed by atoms with Gasteiger partial charge in [0.2, 0.25) is 0 Å². The normalized spacial score (nSPS) is 10.9. The Labute approximate surface area is 56.5 Å². The highest BCUT2D eigenvalue weighted by molar-refractivity contribution is 5.69. The van der Waals surface area contributed by atoms with Gasteiger partial charge in [-0.15, -0.1) is 0 Å². The summed E-state index contributed by atoms with van der Waals surface area (Å²) in [5.74, 6) is 0. The third-order valence-electron chi connectivity index (χ3n) is 1.35. The third kappa shape index (κ3) is 0.625. The number of H-pyrrole nitrogens is 1. The second-order valence-corrected chi connectivity index (χ2v) is 2.02. The largest absolute Gasteiger partial charge is 0.442 e. The van der Waals surface area contributed by atoms with Crippen molar-refractivity contribution in [2.24, 2.45) is 0 Å². The van der Waals surface area contributed by atoms with Crippen molar-refractivity contribution in [3.63, 3.8) is 0 Å². The molecule has 0 amide bonds. The van der Waals surface area contributed by atoms with Gasteiger partial charge in [-0.25, -0.2) is 0 Å². The van der Waals surface area contributed by atoms with Crippen molar-refractivity contribution in [2.45, 2.75) is 6.61 Å². The van der Waals surface area contributed by atoms with Crippen LogP contribution in [-0.2, 0) is 6.61 Å². The van der Waals surface area contributed by atoms with Gasteiger partial charge in [0.15, 0.2) is 17.6 Å². The lowest BCUT2D eigenvalue weighted by Crippen LogP contribution is -1.79. The van der Waals surface area contributed by atoms with Gasteiger partial charge < -0.3 is 14.5 Å². The van der Waals surface area contributed by atoms with Crippen molar-refractivity contribution >= 4 is 11.2 Å². The number of aromatic amines is 1. The molecule has 52 valence electrons. The molecule has 2 aromatic rings. The van der Waals surface area contributed by atoms with E-state index in [1.54, 1.807) is 6.07 Å². The maximum absolute atomic E-state index is 8.66. The lowest BCUT2D eigenvalue weighted by atomic mass is 10.4. The van der Waals surface area contributed by atoms with Crippen LogP contribution in [0.15, 0.2) is 16.9 Å². The summed E-state index contributed by atoms with van der Waals surface area (Å²) in [6.07, 6.45) is 1.36. The number of hydrogen-bond donors (Lipinski definition) is 2. The zero-order valence-electron chi connectivity index (χ0n) is 5.16. The average molecular weight is 138 g/mol. The summed E-state index contributed by atoms with van der Waals surface area (Å²) in [7, 11) is 0. The molecule has 10 heavy (non-hydrogen) atoms. The minimum atomic E-state index is -0.00806. The Bertz CT molecular complexity index is 307. The Morgan fingerprint density at radius 2 is 2.60 bits per heavy atom. The van der Waals surface area contributed by atoms with Crippen molar-refractivity contribution in [2.75, 3.05) is 0 Å². The van der Waals surface area contributed by atoms with Gasteiger partial charge in [0.1, 0.15) is 0 Å². The summed E-state index contributed by atoms with van der Waals surface area (Å²) in [5, 5.41) is 8.66. The van der Waals surface area contributed by atoms with Crippen molar-refractivity contribution < 1.29 is 9.52 Å². The van der Waals surface area contributed by atoms with Gasteiger partial charge in [-0.3, -0.25) is 0 Å². The van der Waals surface area contributed by atoms with Gasteiger partial charge in [-0.2, -0.15) is 4.98 Å². The van der Waals surface area contributed by atoms with Crippen LogP contribution in [0.2, 0.25) is 0 Å². The number of oxazole rings is 1. The Balaban J connectivity index is 2.67. The number of aliphatic hydroxyl groups excluding tert-OH is 1. The number of rotatable bonds is 1. The predicted molar refractivity (Wildman–Crippen MR) is 34.3 cm³/mol. The number of nitrogens with zero attached hydrogens (tertiary/aromatic N) is 1. The molecule has 0 aliphatic carbocycles. The first-order chi connectivity index (χ1) is 4.90. The van der Waals surface area contributed by atoms with E-state index in [9.17, 15) is 0 Å². The smallest absolute Gasteiger partial charge is 0.183 e. The molecular weight excluding hydrogens is 132 g/mol. The van der Waals surface area contributed by atoms with Crippen LogP contribution in [0.3, 0.4) is 0 Å². The zero-order valence-corrected chi connectivity index (χ0v) is 5.16. The second-order valence-electron chi connectivity index (χ2n) is 2.02. The molecule has 2 rings (SSSR count). The van der Waals surface area contributed by atoms with Crippen LogP contribution in [0.4, 0.5) is 0 Å². The molecule has 0 saturated carbocycles. The van der Waals surface area contributed by atoms with Gasteiger partial charge in [-0.05, 0) is 0 Å². The van der Waals surface area contributed by atoms with E-state index >= 15 is 0 Å². The molecule has 0 fully saturated rings. The fourth-order valence-corrected chi connectivity index (χ4v) is 0.883. The third-order valence-corrected chi connectivity index (χ3v) is 1.35. The second kappa shape index (κ2) is 1.85. The number of aromatic nitrogens is 2. The number of hydrogen-bond acceptors (Lipinski definition) is 3. The molecule has 0 atom stereocenters. The molecule has 0 bridgehead atoms. The highest BCUT2D eigenvalue weighted by Gasteiger charge is 2.01. The lowest BCUT2D eigenvalue weighted by molar-refractivity contribution is 0.277. The molecule has 0 saturated heterocycles. The number of fused-ring (bicyclic) bond motifs is 1. The summed E-state index contributed by atoms with van der Waals surface area (Å²) >= 11 is 0. The van der Waals surface area contributed by atoms with E-state index in [0.29, 0.717) is 11.2 Å². The SMILES string of the molecule is OCc1cc2ocnc2[nH]1. The molecule has 0 unspecified atom stereocenters. The molecule has 2 N–H and O–H groups in total. The Kier molecular flexibility index (Phi) is 1.01. The van der Waals surface area contributed by atoms with Crippen LogP contribution in [0.1, 0.15) is 5.69 Å². The molecule has 0 aromatic carbocycles. The number of aliphatic hydroxyl groups is 1. The van der Waals surface area contributed by atoms with E-state index in [1.807, 2.05) is 0 Å². The summed E-state index contributed by atoms with van der Waals surface area (Å²) < 4.78 is 4.95. The molecule has 0 radical (unpaired) electrons. The maximum Gasteiger partial charge on any atom is 0.183 e. The van der Waals surface area contributed by atoms with Crippen LogP contribution < -0.4 is 0 Å². The van der Waals surface area contributed by atoms with E-state index < -0.39 is 0 Å². The molecule has 2 heterocycles. The molecule has 4 nitrogen and oxygen atoms in total. The average Bonchev–Trinajstić information content (AvgIpc) is 2.42. The minimum absolute atomic E-state index is 0.00806. The molecule has 4 heteroatoms. The fourth-order valence-electron chi connectivity index (χ4n) is 0.883. The van der Waals surface area contributed by atoms with E-state index in [0.717, 1.165) is 5.69 Å². The molecule has 0 spiro atoms. The van der Waals surface area contributed by atoms with E-state index in [-0.39, 0.29) is 6.61 Å². The summed E-state index contributed by atoms with van der Waals surface area (Å²) in [5.41, 5.74) is 2.09. The zero-order chi connectivity index (χ0) is 6.97. The molecule has 0 aliphatic rings. The quantitative estimate of drug-likeness (QED) is 0.608. The highest BCUT2D eigenvalue weighted by Crippen LogP contribution is 2.12.